The molecular weight excluding hydrogens is 374 g/mol. The van der Waals surface area contributed by atoms with Crippen molar-refractivity contribution in [3.8, 4) is 0 Å². The van der Waals surface area contributed by atoms with Gasteiger partial charge in [-0.15, -0.1) is 0 Å². The van der Waals surface area contributed by atoms with E-state index in [0.717, 1.165) is 26.6 Å². The van der Waals surface area contributed by atoms with Crippen LogP contribution >= 0.6 is 0 Å². The minimum atomic E-state index is -3.65. The van der Waals surface area contributed by atoms with Crippen LogP contribution in [-0.2, 0) is 42.1 Å². The number of sulfonamides is 1. The third-order valence-corrected chi connectivity index (χ3v) is 5.56. The molecule has 1 heterocycles. The van der Waals surface area contributed by atoms with E-state index in [9.17, 15) is 22.8 Å². The maximum Gasteiger partial charge on any atom is 0.325 e. The van der Waals surface area contributed by atoms with Gasteiger partial charge < -0.3 is 15.0 Å². The highest BCUT2D eigenvalue weighted by Gasteiger charge is 2.38. The van der Waals surface area contributed by atoms with Crippen molar-refractivity contribution in [2.75, 3.05) is 33.5 Å². The number of fused-ring (bicyclic) bond motifs is 1. The van der Waals surface area contributed by atoms with Crippen molar-refractivity contribution in [1.29, 1.82) is 0 Å². The summed E-state index contributed by atoms with van der Waals surface area (Å²) in [7, 11) is -0.799. The highest BCUT2D eigenvalue weighted by Crippen LogP contribution is 2.26. The van der Waals surface area contributed by atoms with Crippen molar-refractivity contribution in [3.05, 3.63) is 35.4 Å². The zero-order chi connectivity index (χ0) is 20.2. The van der Waals surface area contributed by atoms with Gasteiger partial charge in [0.1, 0.15) is 6.04 Å². The molecule has 1 atom stereocenters. The summed E-state index contributed by atoms with van der Waals surface area (Å²) >= 11 is 0. The summed E-state index contributed by atoms with van der Waals surface area (Å²) in [4.78, 5) is 36.9. The fourth-order valence-corrected chi connectivity index (χ4v) is 3.77. The van der Waals surface area contributed by atoms with Crippen molar-refractivity contribution in [2.24, 2.45) is 0 Å². The number of hydrogen-bond acceptors (Lipinski definition) is 6. The number of likely N-dealkylation sites (N-methyl/N-ethyl adjacent to an activating group) is 2. The Balaban J connectivity index is 2.07. The molecule has 0 bridgehead atoms. The zero-order valence-corrected chi connectivity index (χ0v) is 16.3. The number of benzene rings is 1. The highest BCUT2D eigenvalue weighted by atomic mass is 32.2. The van der Waals surface area contributed by atoms with Gasteiger partial charge in [0.15, 0.2) is 6.61 Å². The first-order valence-corrected chi connectivity index (χ1v) is 10.1. The van der Waals surface area contributed by atoms with Crippen LogP contribution in [-0.4, -0.2) is 75.0 Å². The topological polar surface area (TPSA) is 113 Å². The second-order valence-electron chi connectivity index (χ2n) is 6.33. The highest BCUT2D eigenvalue weighted by molar-refractivity contribution is 7.88. The molecular formula is C17H23N3O6S. The lowest BCUT2D eigenvalue weighted by Crippen LogP contribution is -2.49. The Bertz CT molecular complexity index is 839. The predicted octanol–water partition coefficient (Wildman–Crippen LogP) is -0.879. The molecule has 0 saturated heterocycles. The second kappa shape index (κ2) is 8.49. The molecule has 1 aliphatic rings. The van der Waals surface area contributed by atoms with Gasteiger partial charge in [-0.2, -0.15) is 4.31 Å². The van der Waals surface area contributed by atoms with E-state index in [-0.39, 0.29) is 25.4 Å². The summed E-state index contributed by atoms with van der Waals surface area (Å²) in [5.41, 5.74) is 1.69. The van der Waals surface area contributed by atoms with Crippen LogP contribution in [0.1, 0.15) is 11.1 Å². The molecule has 9 nitrogen and oxygen atoms in total. The lowest BCUT2D eigenvalue weighted by molar-refractivity contribution is -0.155. The smallest absolute Gasteiger partial charge is 0.325 e. The Morgan fingerprint density at radius 3 is 2.48 bits per heavy atom. The van der Waals surface area contributed by atoms with Gasteiger partial charge >= 0.3 is 5.97 Å². The third-order valence-electron chi connectivity index (χ3n) is 4.33. The van der Waals surface area contributed by atoms with Crippen LogP contribution in [0.25, 0.3) is 0 Å². The molecule has 2 amide bonds. The van der Waals surface area contributed by atoms with E-state index in [0.29, 0.717) is 0 Å². The molecule has 0 radical (unpaired) electrons. The van der Waals surface area contributed by atoms with Gasteiger partial charge in [-0.1, -0.05) is 24.3 Å². The van der Waals surface area contributed by atoms with Gasteiger partial charge in [0, 0.05) is 27.1 Å². The van der Waals surface area contributed by atoms with Gasteiger partial charge in [-0.3, -0.25) is 14.4 Å². The third kappa shape index (κ3) is 5.27. The number of rotatable bonds is 6. The molecule has 0 spiro atoms. The van der Waals surface area contributed by atoms with Crippen molar-refractivity contribution in [2.45, 2.75) is 19.0 Å². The van der Waals surface area contributed by atoms with Crippen LogP contribution in [0.5, 0.6) is 0 Å². The molecule has 1 aromatic rings. The summed E-state index contributed by atoms with van der Waals surface area (Å²) in [6.07, 6.45) is 1.20. The first-order valence-electron chi connectivity index (χ1n) is 8.28. The molecule has 1 aromatic carbocycles. The average Bonchev–Trinajstić information content (AvgIpc) is 2.63. The number of hydrogen-bond donors (Lipinski definition) is 1. The zero-order valence-electron chi connectivity index (χ0n) is 15.5. The molecule has 0 aromatic heterocycles. The summed E-state index contributed by atoms with van der Waals surface area (Å²) in [5, 5.41) is 2.39. The molecule has 0 unspecified atom stereocenters. The largest absolute Gasteiger partial charge is 0.454 e. The summed E-state index contributed by atoms with van der Waals surface area (Å²) < 4.78 is 30.4. The molecule has 2 rings (SSSR count). The normalized spacial score (nSPS) is 16.9. The fraction of sp³-hybridized carbons (Fsp3) is 0.471. The summed E-state index contributed by atoms with van der Waals surface area (Å²) in [6, 6.07) is 6.23. The average molecular weight is 397 g/mol. The molecule has 27 heavy (non-hydrogen) atoms. The second-order valence-corrected chi connectivity index (χ2v) is 8.26. The lowest BCUT2D eigenvalue weighted by Gasteiger charge is -2.33. The number of carbonyl (C=O) groups excluding carboxylic acids is 3. The molecule has 0 saturated carbocycles. The minimum absolute atomic E-state index is 0.0687. The Kier molecular flexibility index (Phi) is 6.55. The van der Waals surface area contributed by atoms with Crippen LogP contribution in [0.15, 0.2) is 24.3 Å². The first-order chi connectivity index (χ1) is 12.6. The summed E-state index contributed by atoms with van der Waals surface area (Å²) in [6.45, 7) is -0.666. The SMILES string of the molecule is CNC(=O)CN(C)C(=O)COC(=O)[C@@H]1Cc2ccccc2CN1S(C)(=O)=O. The number of esters is 1. The Hall–Kier alpha value is -2.46. The fourth-order valence-electron chi connectivity index (χ4n) is 2.77. The molecule has 0 aliphatic carbocycles. The molecule has 148 valence electrons. The van der Waals surface area contributed by atoms with Crippen LogP contribution in [0, 0.1) is 0 Å². The van der Waals surface area contributed by atoms with Gasteiger partial charge in [-0.25, -0.2) is 8.42 Å². The van der Waals surface area contributed by atoms with E-state index in [1.54, 1.807) is 6.07 Å². The Morgan fingerprint density at radius 2 is 1.89 bits per heavy atom. The van der Waals surface area contributed by atoms with Crippen LogP contribution in [0.2, 0.25) is 0 Å². The Labute approximate surface area is 158 Å². The summed E-state index contributed by atoms with van der Waals surface area (Å²) in [5.74, 6) is -1.71. The van der Waals surface area contributed by atoms with Crippen LogP contribution in [0.4, 0.5) is 0 Å². The van der Waals surface area contributed by atoms with E-state index >= 15 is 0 Å². The van der Waals surface area contributed by atoms with E-state index in [1.165, 1.54) is 14.1 Å². The molecule has 1 N–H and O–H groups in total. The minimum Gasteiger partial charge on any atom is -0.454 e. The van der Waals surface area contributed by atoms with Crippen molar-refractivity contribution >= 4 is 27.8 Å². The van der Waals surface area contributed by atoms with Gasteiger partial charge in [0.05, 0.1) is 12.8 Å². The van der Waals surface area contributed by atoms with E-state index < -0.39 is 34.5 Å². The monoisotopic (exact) mass is 397 g/mol. The number of ether oxygens (including phenoxy) is 1. The van der Waals surface area contributed by atoms with E-state index in [4.69, 9.17) is 4.74 Å². The lowest BCUT2D eigenvalue weighted by atomic mass is 9.96. The van der Waals surface area contributed by atoms with Gasteiger partial charge in [-0.05, 0) is 11.1 Å². The predicted molar refractivity (Wildman–Crippen MR) is 97.0 cm³/mol. The van der Waals surface area contributed by atoms with Crippen molar-refractivity contribution < 1.29 is 27.5 Å². The van der Waals surface area contributed by atoms with Gasteiger partial charge in [0.25, 0.3) is 5.91 Å². The van der Waals surface area contributed by atoms with Crippen LogP contribution in [0.3, 0.4) is 0 Å². The molecule has 1 aliphatic heterocycles. The number of nitrogens with zero attached hydrogens (tertiary/aromatic N) is 2. The van der Waals surface area contributed by atoms with E-state index in [1.807, 2.05) is 18.2 Å². The number of amides is 2. The van der Waals surface area contributed by atoms with E-state index in [2.05, 4.69) is 5.32 Å². The first kappa shape index (κ1) is 20.8. The van der Waals surface area contributed by atoms with Crippen LogP contribution < -0.4 is 5.32 Å². The standard InChI is InChI=1S/C17H23N3O6S/c1-18-15(21)10-19(2)16(22)11-26-17(23)14-8-12-6-4-5-7-13(12)9-20(14)27(3,24)25/h4-7,14H,8-11H2,1-3H3,(H,18,21)/t14-/m0/s1. The van der Waals surface area contributed by atoms with Crippen molar-refractivity contribution in [3.63, 3.8) is 0 Å². The van der Waals surface area contributed by atoms with Gasteiger partial charge in [0.2, 0.25) is 15.9 Å². The molecule has 0 fully saturated rings. The number of nitrogens with one attached hydrogen (secondary N) is 1. The maximum absolute atomic E-state index is 12.5. The van der Waals surface area contributed by atoms with Crippen molar-refractivity contribution in [1.82, 2.24) is 14.5 Å². The maximum atomic E-state index is 12.5. The number of carbonyl (C=O) groups is 3. The molecule has 10 heteroatoms. The quantitative estimate of drug-likeness (QED) is 0.624. The Morgan fingerprint density at radius 1 is 1.26 bits per heavy atom.